The van der Waals surface area contributed by atoms with Gasteiger partial charge < -0.3 is 4.74 Å². The highest BCUT2D eigenvalue weighted by molar-refractivity contribution is 5.89. The van der Waals surface area contributed by atoms with Crippen molar-refractivity contribution in [3.8, 4) is 6.07 Å². The van der Waals surface area contributed by atoms with E-state index in [1.807, 2.05) is 24.3 Å². The average molecular weight is 293 g/mol. The third kappa shape index (κ3) is 3.95. The maximum Gasteiger partial charge on any atom is 0.338 e. The van der Waals surface area contributed by atoms with E-state index in [9.17, 15) is 10.1 Å². The van der Waals surface area contributed by atoms with Gasteiger partial charge in [-0.05, 0) is 31.0 Å². The molecule has 0 bridgehead atoms. The fourth-order valence-electron chi connectivity index (χ4n) is 2.32. The van der Waals surface area contributed by atoms with E-state index in [2.05, 4.69) is 13.0 Å². The molecule has 0 aromatic heterocycles. The lowest BCUT2D eigenvalue weighted by molar-refractivity contribution is 0.0271. The summed E-state index contributed by atoms with van der Waals surface area (Å²) in [6.45, 7) is 2.09. The van der Waals surface area contributed by atoms with Crippen LogP contribution in [0, 0.1) is 11.3 Å². The van der Waals surface area contributed by atoms with Crippen LogP contribution in [0.5, 0.6) is 0 Å². The Morgan fingerprint density at radius 2 is 1.82 bits per heavy atom. The van der Waals surface area contributed by atoms with Crippen molar-refractivity contribution in [2.45, 2.75) is 32.3 Å². The molecule has 3 heteroatoms. The van der Waals surface area contributed by atoms with Gasteiger partial charge in [0.15, 0.2) is 0 Å². The lowest BCUT2D eigenvalue weighted by atomic mass is 9.99. The Hall–Kier alpha value is -2.60. The molecule has 2 aromatic rings. The Morgan fingerprint density at radius 1 is 1.14 bits per heavy atom. The van der Waals surface area contributed by atoms with E-state index in [4.69, 9.17) is 4.74 Å². The Morgan fingerprint density at radius 3 is 2.50 bits per heavy atom. The molecule has 0 saturated heterocycles. The maximum absolute atomic E-state index is 12.3. The largest absolute Gasteiger partial charge is 0.454 e. The molecule has 2 rings (SSSR count). The summed E-state index contributed by atoms with van der Waals surface area (Å²) in [5, 5.41) is 9.25. The molecule has 2 aromatic carbocycles. The average Bonchev–Trinajstić information content (AvgIpc) is 2.59. The van der Waals surface area contributed by atoms with Gasteiger partial charge in [-0.1, -0.05) is 49.7 Å². The molecule has 0 amide bonds. The summed E-state index contributed by atoms with van der Waals surface area (Å²) in [4.78, 5) is 12.3. The molecule has 0 radical (unpaired) electrons. The Bertz CT molecular complexity index is 659. The van der Waals surface area contributed by atoms with Crippen LogP contribution in [0.4, 0.5) is 0 Å². The standard InChI is InChI=1S/C19H19NO2/c1-2-3-13-18(17-12-8-7-11-16(17)14-20)22-19(21)15-9-5-4-6-10-15/h4-12,18H,2-3,13H2,1H3. The minimum absolute atomic E-state index is 0.352. The van der Waals surface area contributed by atoms with Crippen molar-refractivity contribution in [2.75, 3.05) is 0 Å². The summed E-state index contributed by atoms with van der Waals surface area (Å²) in [5.41, 5.74) is 1.87. The third-order valence-corrected chi connectivity index (χ3v) is 3.51. The number of carbonyl (C=O) groups excluding carboxylic acids is 1. The van der Waals surface area contributed by atoms with Crippen LogP contribution in [0.3, 0.4) is 0 Å². The second kappa shape index (κ2) is 7.99. The number of carbonyl (C=O) groups is 1. The molecule has 1 unspecified atom stereocenters. The SMILES string of the molecule is CCCCC(OC(=O)c1ccccc1)c1ccccc1C#N. The minimum atomic E-state index is -0.386. The van der Waals surface area contributed by atoms with Crippen LogP contribution in [-0.4, -0.2) is 5.97 Å². The molecule has 0 saturated carbocycles. The summed E-state index contributed by atoms with van der Waals surface area (Å²) >= 11 is 0. The van der Waals surface area contributed by atoms with Gasteiger partial charge in [-0.25, -0.2) is 4.79 Å². The number of nitriles is 1. The first-order valence-electron chi connectivity index (χ1n) is 7.51. The van der Waals surface area contributed by atoms with Crippen LogP contribution in [0.2, 0.25) is 0 Å². The van der Waals surface area contributed by atoms with E-state index in [-0.39, 0.29) is 12.1 Å². The fraction of sp³-hybridized carbons (Fsp3) is 0.263. The van der Waals surface area contributed by atoms with Crippen molar-refractivity contribution in [3.05, 3.63) is 71.3 Å². The molecule has 0 aliphatic heterocycles. The summed E-state index contributed by atoms with van der Waals surface area (Å²) < 4.78 is 5.68. The van der Waals surface area contributed by atoms with Gasteiger partial charge in [-0.15, -0.1) is 0 Å². The molecular weight excluding hydrogens is 274 g/mol. The van der Waals surface area contributed by atoms with Crippen molar-refractivity contribution in [2.24, 2.45) is 0 Å². The summed E-state index contributed by atoms with van der Waals surface area (Å²) in [7, 11) is 0. The summed E-state index contributed by atoms with van der Waals surface area (Å²) in [5.74, 6) is -0.352. The van der Waals surface area contributed by atoms with E-state index in [0.717, 1.165) is 18.4 Å². The first kappa shape index (κ1) is 15.8. The first-order valence-corrected chi connectivity index (χ1v) is 7.51. The molecule has 1 atom stereocenters. The lowest BCUT2D eigenvalue weighted by Crippen LogP contribution is -2.13. The van der Waals surface area contributed by atoms with Gasteiger partial charge in [0.05, 0.1) is 17.2 Å². The number of hydrogen-bond donors (Lipinski definition) is 0. The van der Waals surface area contributed by atoms with Crippen LogP contribution < -0.4 is 0 Å². The number of unbranched alkanes of at least 4 members (excludes halogenated alkanes) is 1. The zero-order valence-electron chi connectivity index (χ0n) is 12.7. The molecule has 112 valence electrons. The van der Waals surface area contributed by atoms with Gasteiger partial charge in [-0.3, -0.25) is 0 Å². The molecule has 0 heterocycles. The normalized spacial score (nSPS) is 11.5. The predicted octanol–water partition coefficient (Wildman–Crippen LogP) is 4.65. The third-order valence-electron chi connectivity index (χ3n) is 3.51. The number of nitrogens with zero attached hydrogens (tertiary/aromatic N) is 1. The second-order valence-corrected chi connectivity index (χ2v) is 5.10. The van der Waals surface area contributed by atoms with E-state index >= 15 is 0 Å². The van der Waals surface area contributed by atoms with Crippen LogP contribution in [0.1, 0.15) is 53.8 Å². The van der Waals surface area contributed by atoms with Crippen molar-refractivity contribution in [3.63, 3.8) is 0 Å². The number of rotatable bonds is 6. The Balaban J connectivity index is 2.23. The highest BCUT2D eigenvalue weighted by Gasteiger charge is 2.20. The molecule has 0 N–H and O–H groups in total. The maximum atomic E-state index is 12.3. The first-order chi connectivity index (χ1) is 10.8. The second-order valence-electron chi connectivity index (χ2n) is 5.10. The van der Waals surface area contributed by atoms with Crippen molar-refractivity contribution >= 4 is 5.97 Å². The molecule has 0 aliphatic rings. The monoisotopic (exact) mass is 293 g/mol. The summed E-state index contributed by atoms with van der Waals surface area (Å²) in [6.07, 6.45) is 2.28. The Kier molecular flexibility index (Phi) is 5.73. The molecule has 3 nitrogen and oxygen atoms in total. The number of hydrogen-bond acceptors (Lipinski definition) is 3. The molecular formula is C19H19NO2. The van der Waals surface area contributed by atoms with Crippen molar-refractivity contribution < 1.29 is 9.53 Å². The van der Waals surface area contributed by atoms with Crippen LogP contribution in [0.25, 0.3) is 0 Å². The highest BCUT2D eigenvalue weighted by atomic mass is 16.5. The smallest absolute Gasteiger partial charge is 0.338 e. The fourth-order valence-corrected chi connectivity index (χ4v) is 2.32. The lowest BCUT2D eigenvalue weighted by Gasteiger charge is -2.19. The van der Waals surface area contributed by atoms with Gasteiger partial charge in [-0.2, -0.15) is 5.26 Å². The highest BCUT2D eigenvalue weighted by Crippen LogP contribution is 2.27. The van der Waals surface area contributed by atoms with E-state index < -0.39 is 0 Å². The summed E-state index contributed by atoms with van der Waals surface area (Å²) in [6, 6.07) is 18.4. The van der Waals surface area contributed by atoms with Gasteiger partial charge >= 0.3 is 5.97 Å². The van der Waals surface area contributed by atoms with Gasteiger partial charge in [0, 0.05) is 5.56 Å². The topological polar surface area (TPSA) is 50.1 Å². The zero-order chi connectivity index (χ0) is 15.8. The number of esters is 1. The molecule has 0 spiro atoms. The van der Waals surface area contributed by atoms with Crippen molar-refractivity contribution in [1.29, 1.82) is 5.26 Å². The molecule has 0 fully saturated rings. The van der Waals surface area contributed by atoms with Crippen LogP contribution >= 0.6 is 0 Å². The number of benzene rings is 2. The van der Waals surface area contributed by atoms with Gasteiger partial charge in [0.25, 0.3) is 0 Å². The molecule has 0 aliphatic carbocycles. The van der Waals surface area contributed by atoms with Crippen LogP contribution in [0.15, 0.2) is 54.6 Å². The van der Waals surface area contributed by atoms with Gasteiger partial charge in [0.1, 0.15) is 6.10 Å². The number of ether oxygens (including phenoxy) is 1. The van der Waals surface area contributed by atoms with Gasteiger partial charge in [0.2, 0.25) is 0 Å². The zero-order valence-corrected chi connectivity index (χ0v) is 12.7. The van der Waals surface area contributed by atoms with E-state index in [1.54, 1.807) is 30.3 Å². The predicted molar refractivity (Wildman–Crippen MR) is 85.3 cm³/mol. The molecule has 22 heavy (non-hydrogen) atoms. The quantitative estimate of drug-likeness (QED) is 0.729. The van der Waals surface area contributed by atoms with Crippen molar-refractivity contribution in [1.82, 2.24) is 0 Å². The van der Waals surface area contributed by atoms with E-state index in [1.165, 1.54) is 0 Å². The minimum Gasteiger partial charge on any atom is -0.454 e. The van der Waals surface area contributed by atoms with Crippen LogP contribution in [-0.2, 0) is 4.74 Å². The Labute approximate surface area is 131 Å². The van der Waals surface area contributed by atoms with E-state index in [0.29, 0.717) is 17.5 Å².